The predicted octanol–water partition coefficient (Wildman–Crippen LogP) is 4.79. The summed E-state index contributed by atoms with van der Waals surface area (Å²) in [5, 5.41) is 0. The molecular weight excluding hydrogens is 640 g/mol. The van der Waals surface area contributed by atoms with Crippen LogP contribution in [0.1, 0.15) is 49.5 Å². The highest BCUT2D eigenvalue weighted by Crippen LogP contribution is 2.31. The van der Waals surface area contributed by atoms with Gasteiger partial charge in [0.1, 0.15) is 23.7 Å². The largest absolute Gasteiger partial charge is 0.513 e. The molecule has 0 saturated carbocycles. The van der Waals surface area contributed by atoms with Crippen LogP contribution in [0.3, 0.4) is 0 Å². The van der Waals surface area contributed by atoms with Crippen molar-refractivity contribution in [1.82, 2.24) is 0 Å². The summed E-state index contributed by atoms with van der Waals surface area (Å²) in [6.45, 7) is 5.67. The smallest absolute Gasteiger partial charge is 0.463 e. The van der Waals surface area contributed by atoms with Crippen molar-refractivity contribution in [2.45, 2.75) is 44.2 Å². The van der Waals surface area contributed by atoms with Crippen LogP contribution in [0.25, 0.3) is 0 Å². The van der Waals surface area contributed by atoms with E-state index in [1.807, 2.05) is 19.1 Å². The number of hydrogen-bond acceptors (Lipinski definition) is 13. The molecule has 2 aliphatic rings. The fourth-order valence-electron chi connectivity index (χ4n) is 4.93. The normalized spacial score (nSPS) is 19.2. The van der Waals surface area contributed by atoms with Crippen molar-refractivity contribution in [2.75, 3.05) is 26.4 Å². The topological polar surface area (TPSA) is 159 Å². The van der Waals surface area contributed by atoms with Crippen LogP contribution in [0.5, 0.6) is 11.5 Å². The molecule has 0 aliphatic carbocycles. The van der Waals surface area contributed by atoms with Crippen LogP contribution >= 0.6 is 0 Å². The lowest BCUT2D eigenvalue weighted by Gasteiger charge is -2.17. The van der Waals surface area contributed by atoms with Gasteiger partial charge in [-0.05, 0) is 80.4 Å². The molecule has 2 fully saturated rings. The van der Waals surface area contributed by atoms with Crippen molar-refractivity contribution in [3.8, 4) is 11.5 Å². The van der Waals surface area contributed by atoms with Crippen LogP contribution in [0, 0.1) is 6.92 Å². The minimum atomic E-state index is -0.920. The van der Waals surface area contributed by atoms with Crippen LogP contribution in [0.2, 0.25) is 0 Å². The second-order valence-corrected chi connectivity index (χ2v) is 11.1. The Hall–Kier alpha value is -5.53. The second kappa shape index (κ2) is 16.5. The number of fused-ring (bicyclic) bond motifs is 1. The molecule has 49 heavy (non-hydrogen) atoms. The Morgan fingerprint density at radius 2 is 1.10 bits per heavy atom. The molecule has 2 aliphatic heterocycles. The third-order valence-corrected chi connectivity index (χ3v) is 7.53. The number of benzene rings is 3. The number of esters is 4. The van der Waals surface area contributed by atoms with Crippen molar-refractivity contribution in [1.29, 1.82) is 0 Å². The van der Waals surface area contributed by atoms with Gasteiger partial charge < -0.3 is 37.9 Å². The van der Waals surface area contributed by atoms with E-state index in [2.05, 4.69) is 6.58 Å². The van der Waals surface area contributed by atoms with Gasteiger partial charge >= 0.3 is 30.0 Å². The highest BCUT2D eigenvalue weighted by molar-refractivity contribution is 5.92. The molecule has 4 atom stereocenters. The molecule has 2 saturated heterocycles. The zero-order valence-electron chi connectivity index (χ0n) is 26.6. The van der Waals surface area contributed by atoms with Crippen molar-refractivity contribution >= 4 is 30.0 Å². The first kappa shape index (κ1) is 34.8. The Balaban J connectivity index is 1.03. The highest BCUT2D eigenvalue weighted by Gasteiger charge is 2.51. The zero-order chi connectivity index (χ0) is 34.8. The second-order valence-electron chi connectivity index (χ2n) is 11.1. The number of carbonyl (C=O) groups excluding carboxylic acids is 5. The quantitative estimate of drug-likeness (QED) is 0.0609. The van der Waals surface area contributed by atoms with Gasteiger partial charge in [0.25, 0.3) is 0 Å². The summed E-state index contributed by atoms with van der Waals surface area (Å²) in [4.78, 5) is 60.9. The van der Waals surface area contributed by atoms with Gasteiger partial charge in [-0.2, -0.15) is 0 Å². The van der Waals surface area contributed by atoms with E-state index in [-0.39, 0.29) is 49.1 Å². The molecule has 0 bridgehead atoms. The predicted molar refractivity (Wildman–Crippen MR) is 169 cm³/mol. The van der Waals surface area contributed by atoms with Crippen LogP contribution in [-0.4, -0.2) is 80.9 Å². The molecule has 0 radical (unpaired) electrons. The summed E-state index contributed by atoms with van der Waals surface area (Å²) in [5.41, 5.74) is 1.85. The molecule has 3 aromatic rings. The maximum absolute atomic E-state index is 12.9. The van der Waals surface area contributed by atoms with Gasteiger partial charge in [-0.3, -0.25) is 0 Å². The number of ether oxygens (including phenoxy) is 8. The van der Waals surface area contributed by atoms with Crippen LogP contribution < -0.4 is 9.47 Å². The average Bonchev–Trinajstić information content (AvgIpc) is 3.69. The Kier molecular flexibility index (Phi) is 11.7. The van der Waals surface area contributed by atoms with Crippen molar-refractivity contribution in [2.24, 2.45) is 0 Å². The first-order valence-electron chi connectivity index (χ1n) is 15.5. The van der Waals surface area contributed by atoms with Crippen molar-refractivity contribution in [3.05, 3.63) is 108 Å². The van der Waals surface area contributed by atoms with E-state index in [1.165, 1.54) is 48.5 Å². The molecule has 0 spiro atoms. The molecular formula is C36H34O13. The van der Waals surface area contributed by atoms with E-state index in [1.54, 1.807) is 12.1 Å². The number of rotatable bonds is 13. The molecule has 3 unspecified atom stereocenters. The van der Waals surface area contributed by atoms with Crippen molar-refractivity contribution < 1.29 is 61.9 Å². The van der Waals surface area contributed by atoms with Crippen LogP contribution in [0.4, 0.5) is 4.79 Å². The fourth-order valence-corrected chi connectivity index (χ4v) is 4.93. The van der Waals surface area contributed by atoms with E-state index < -0.39 is 54.4 Å². The standard InChI is InChI=1S/C36H34O13/c1-3-30(37)42-18-4-5-19-43-36(41)47-27-16-12-24(13-17-27)33(38)46-26-14-10-25(11-15-26)35(40)49-29-21-45-31-28(20-44-32(29)31)48-34(39)23-8-6-22(2)7-9-23/h3,6-17,28-29,31-32H,1,4-5,18-21H2,2H3/t28?,29-,31?,32?/m1/s1. The van der Waals surface area contributed by atoms with E-state index in [9.17, 15) is 24.0 Å². The number of unbranched alkanes of at least 4 members (excludes halogenated alkanes) is 1. The maximum atomic E-state index is 12.9. The molecule has 13 heteroatoms. The first-order chi connectivity index (χ1) is 23.7. The van der Waals surface area contributed by atoms with Gasteiger partial charge in [0.15, 0.2) is 12.2 Å². The molecule has 13 nitrogen and oxygen atoms in total. The van der Waals surface area contributed by atoms with Gasteiger partial charge in [0.2, 0.25) is 0 Å². The Morgan fingerprint density at radius 1 is 0.653 bits per heavy atom. The summed E-state index contributed by atoms with van der Waals surface area (Å²) in [6.07, 6.45) is -1.38. The average molecular weight is 675 g/mol. The summed E-state index contributed by atoms with van der Waals surface area (Å²) in [7, 11) is 0. The Labute approximate surface area is 281 Å². The summed E-state index contributed by atoms with van der Waals surface area (Å²) in [6, 6.07) is 18.5. The third kappa shape index (κ3) is 9.52. The zero-order valence-corrected chi connectivity index (χ0v) is 26.6. The number of aryl methyl sites for hydroxylation is 1. The van der Waals surface area contributed by atoms with Gasteiger partial charge in [0.05, 0.1) is 43.1 Å². The van der Waals surface area contributed by atoms with Gasteiger partial charge in [-0.15, -0.1) is 0 Å². The van der Waals surface area contributed by atoms with E-state index in [4.69, 9.17) is 37.9 Å². The van der Waals surface area contributed by atoms with Gasteiger partial charge in [-0.1, -0.05) is 24.3 Å². The van der Waals surface area contributed by atoms with Crippen molar-refractivity contribution in [3.63, 3.8) is 0 Å². The maximum Gasteiger partial charge on any atom is 0.513 e. The lowest BCUT2D eigenvalue weighted by Crippen LogP contribution is -2.36. The minimum Gasteiger partial charge on any atom is -0.463 e. The Bertz CT molecular complexity index is 1650. The third-order valence-electron chi connectivity index (χ3n) is 7.53. The van der Waals surface area contributed by atoms with Crippen LogP contribution in [0.15, 0.2) is 85.5 Å². The lowest BCUT2D eigenvalue weighted by molar-refractivity contribution is -0.137. The molecule has 3 aromatic carbocycles. The van der Waals surface area contributed by atoms with E-state index in [0.717, 1.165) is 11.6 Å². The number of hydrogen-bond donors (Lipinski definition) is 0. The van der Waals surface area contributed by atoms with E-state index in [0.29, 0.717) is 18.4 Å². The Morgan fingerprint density at radius 3 is 1.61 bits per heavy atom. The fraction of sp³-hybridized carbons (Fsp3) is 0.306. The van der Waals surface area contributed by atoms with Crippen LogP contribution in [-0.2, 0) is 33.2 Å². The summed E-state index contributed by atoms with van der Waals surface area (Å²) in [5.74, 6) is -1.96. The summed E-state index contributed by atoms with van der Waals surface area (Å²) < 4.78 is 43.1. The first-order valence-corrected chi connectivity index (χ1v) is 15.5. The SMILES string of the molecule is C=CC(=O)OCCCCOC(=O)Oc1ccc(C(=O)Oc2ccc(C(=O)O[C@@H]3COC4C(OC(=O)c5ccc(C)cc5)COC43)cc2)cc1. The molecule has 5 rings (SSSR count). The monoisotopic (exact) mass is 674 g/mol. The lowest BCUT2D eigenvalue weighted by atomic mass is 10.1. The molecule has 2 heterocycles. The molecule has 0 amide bonds. The van der Waals surface area contributed by atoms with E-state index >= 15 is 0 Å². The van der Waals surface area contributed by atoms with Gasteiger partial charge in [-0.25, -0.2) is 24.0 Å². The minimum absolute atomic E-state index is 0.0736. The van der Waals surface area contributed by atoms with Gasteiger partial charge in [0, 0.05) is 6.08 Å². The number of carbonyl (C=O) groups is 5. The highest BCUT2D eigenvalue weighted by atomic mass is 16.7. The molecule has 0 aromatic heterocycles. The molecule has 256 valence electrons. The molecule has 0 N–H and O–H groups in total. The summed E-state index contributed by atoms with van der Waals surface area (Å²) >= 11 is 0.